The van der Waals surface area contributed by atoms with Crippen LogP contribution in [0.2, 0.25) is 5.02 Å². The lowest BCUT2D eigenvalue weighted by atomic mass is 10.2. The van der Waals surface area contributed by atoms with E-state index in [4.69, 9.17) is 16.0 Å². The Morgan fingerprint density at radius 1 is 1.08 bits per heavy atom. The zero-order chi connectivity index (χ0) is 17.9. The summed E-state index contributed by atoms with van der Waals surface area (Å²) in [6.45, 7) is 0.0681. The molecular weight excluding hydrogens is 369 g/mol. The summed E-state index contributed by atoms with van der Waals surface area (Å²) in [6.07, 6.45) is 0.206. The van der Waals surface area contributed by atoms with E-state index in [1.165, 1.54) is 36.4 Å². The molecule has 0 unspecified atom stereocenters. The summed E-state index contributed by atoms with van der Waals surface area (Å²) in [7, 11) is -3.72. The molecule has 1 N–H and O–H groups in total. The van der Waals surface area contributed by atoms with Crippen LogP contribution in [-0.4, -0.2) is 25.2 Å². The van der Waals surface area contributed by atoms with Crippen LogP contribution in [0, 0.1) is 5.82 Å². The number of nitrogens with one attached hydrogen (secondary N) is 1. The van der Waals surface area contributed by atoms with E-state index in [0.717, 1.165) is 0 Å². The van der Waals surface area contributed by atoms with Crippen LogP contribution < -0.4 is 4.72 Å². The summed E-state index contributed by atoms with van der Waals surface area (Å²) in [6, 6.07) is 11.8. The monoisotopic (exact) mass is 381 g/mol. The number of sulfonamides is 1. The van der Waals surface area contributed by atoms with Crippen molar-refractivity contribution in [3.8, 4) is 11.5 Å². The van der Waals surface area contributed by atoms with Gasteiger partial charge in [0, 0.05) is 18.5 Å². The van der Waals surface area contributed by atoms with Gasteiger partial charge < -0.3 is 4.42 Å². The van der Waals surface area contributed by atoms with Gasteiger partial charge in [-0.15, -0.1) is 10.2 Å². The van der Waals surface area contributed by atoms with E-state index in [0.29, 0.717) is 5.56 Å². The van der Waals surface area contributed by atoms with Crippen LogP contribution >= 0.6 is 11.6 Å². The fourth-order valence-electron chi connectivity index (χ4n) is 2.10. The molecule has 0 bridgehead atoms. The van der Waals surface area contributed by atoms with E-state index in [2.05, 4.69) is 14.9 Å². The quantitative estimate of drug-likeness (QED) is 0.709. The predicted octanol–water partition coefficient (Wildman–Crippen LogP) is 3.05. The Labute approximate surface area is 148 Å². The summed E-state index contributed by atoms with van der Waals surface area (Å²) in [5.41, 5.74) is 0.580. The summed E-state index contributed by atoms with van der Waals surface area (Å²) in [4.78, 5) is 0.00852. The highest BCUT2D eigenvalue weighted by Crippen LogP contribution is 2.20. The average Bonchev–Trinajstić information content (AvgIpc) is 3.04. The predicted molar refractivity (Wildman–Crippen MR) is 90.0 cm³/mol. The molecule has 9 heteroatoms. The van der Waals surface area contributed by atoms with Crippen LogP contribution in [0.5, 0.6) is 0 Å². The second kappa shape index (κ2) is 7.30. The van der Waals surface area contributed by atoms with Gasteiger partial charge in [-0.1, -0.05) is 23.7 Å². The topological polar surface area (TPSA) is 85.1 Å². The molecule has 6 nitrogen and oxygen atoms in total. The molecular formula is C16H13ClFN3O3S. The molecule has 1 aromatic heterocycles. The maximum Gasteiger partial charge on any atom is 0.247 e. The molecule has 1 heterocycles. The van der Waals surface area contributed by atoms with Gasteiger partial charge in [0.25, 0.3) is 0 Å². The minimum absolute atomic E-state index is 0.00852. The molecule has 0 saturated heterocycles. The number of rotatable bonds is 6. The smallest absolute Gasteiger partial charge is 0.247 e. The number of hydrogen-bond acceptors (Lipinski definition) is 5. The maximum atomic E-state index is 12.9. The molecule has 0 fully saturated rings. The maximum absolute atomic E-state index is 12.9. The summed E-state index contributed by atoms with van der Waals surface area (Å²) < 4.78 is 45.2. The van der Waals surface area contributed by atoms with Gasteiger partial charge in [0.2, 0.25) is 21.8 Å². The first-order valence-electron chi connectivity index (χ1n) is 7.28. The van der Waals surface area contributed by atoms with Crippen LogP contribution in [-0.2, 0) is 16.4 Å². The van der Waals surface area contributed by atoms with E-state index in [9.17, 15) is 12.8 Å². The Bertz CT molecular complexity index is 974. The van der Waals surface area contributed by atoms with E-state index < -0.39 is 10.0 Å². The van der Waals surface area contributed by atoms with Crippen LogP contribution in [0.3, 0.4) is 0 Å². The molecule has 3 aromatic rings. The first-order chi connectivity index (χ1) is 12.0. The minimum Gasteiger partial charge on any atom is -0.421 e. The highest BCUT2D eigenvalue weighted by atomic mass is 35.5. The molecule has 0 amide bonds. The fourth-order valence-corrected chi connectivity index (χ4v) is 3.65. The van der Waals surface area contributed by atoms with Gasteiger partial charge in [-0.3, -0.25) is 0 Å². The Morgan fingerprint density at radius 3 is 2.52 bits per heavy atom. The summed E-state index contributed by atoms with van der Waals surface area (Å²) in [5, 5.41) is 7.86. The highest BCUT2D eigenvalue weighted by molar-refractivity contribution is 7.89. The molecule has 0 radical (unpaired) electrons. The third kappa shape index (κ3) is 4.22. The van der Waals surface area contributed by atoms with Crippen LogP contribution in [0.25, 0.3) is 11.5 Å². The first kappa shape index (κ1) is 17.5. The molecule has 0 atom stereocenters. The number of aromatic nitrogens is 2. The zero-order valence-electron chi connectivity index (χ0n) is 12.8. The van der Waals surface area contributed by atoms with Gasteiger partial charge in [-0.2, -0.15) is 0 Å². The molecule has 0 aliphatic rings. The van der Waals surface area contributed by atoms with Gasteiger partial charge in [-0.25, -0.2) is 17.5 Å². The van der Waals surface area contributed by atoms with Crippen LogP contribution in [0.4, 0.5) is 4.39 Å². The lowest BCUT2D eigenvalue weighted by Gasteiger charge is -2.06. The lowest BCUT2D eigenvalue weighted by Crippen LogP contribution is -2.26. The Hall–Kier alpha value is -2.29. The third-order valence-electron chi connectivity index (χ3n) is 3.32. The average molecular weight is 382 g/mol. The van der Waals surface area contributed by atoms with E-state index in [1.807, 2.05) is 0 Å². The van der Waals surface area contributed by atoms with Gasteiger partial charge in [-0.05, 0) is 36.4 Å². The van der Waals surface area contributed by atoms with Crippen molar-refractivity contribution in [2.75, 3.05) is 6.54 Å². The van der Waals surface area contributed by atoms with Crippen molar-refractivity contribution in [3.63, 3.8) is 0 Å². The minimum atomic E-state index is -3.72. The van der Waals surface area contributed by atoms with Crippen molar-refractivity contribution in [2.45, 2.75) is 11.3 Å². The number of hydrogen-bond donors (Lipinski definition) is 1. The van der Waals surface area contributed by atoms with Crippen molar-refractivity contribution in [1.29, 1.82) is 0 Å². The standard InChI is InChI=1S/C16H13ClFN3O3S/c17-13-3-1-2-4-14(13)25(22,23)19-10-9-15-20-21-16(24-15)11-5-7-12(18)8-6-11/h1-8,19H,9-10H2. The van der Waals surface area contributed by atoms with E-state index in [-0.39, 0.29) is 40.5 Å². The molecule has 0 saturated carbocycles. The fraction of sp³-hybridized carbons (Fsp3) is 0.125. The molecule has 130 valence electrons. The summed E-state index contributed by atoms with van der Waals surface area (Å²) >= 11 is 5.90. The van der Waals surface area contributed by atoms with Crippen LogP contribution in [0.1, 0.15) is 5.89 Å². The van der Waals surface area contributed by atoms with Crippen LogP contribution in [0.15, 0.2) is 57.8 Å². The molecule has 0 aliphatic heterocycles. The van der Waals surface area contributed by atoms with Crippen molar-refractivity contribution in [3.05, 3.63) is 65.3 Å². The second-order valence-corrected chi connectivity index (χ2v) is 7.23. The van der Waals surface area contributed by atoms with Crippen molar-refractivity contribution < 1.29 is 17.2 Å². The molecule has 0 aliphatic carbocycles. The number of benzene rings is 2. The zero-order valence-corrected chi connectivity index (χ0v) is 14.4. The molecule has 25 heavy (non-hydrogen) atoms. The Morgan fingerprint density at radius 2 is 1.80 bits per heavy atom. The normalized spacial score (nSPS) is 11.6. The largest absolute Gasteiger partial charge is 0.421 e. The second-order valence-electron chi connectivity index (χ2n) is 5.09. The molecule has 0 spiro atoms. The molecule has 2 aromatic carbocycles. The molecule has 3 rings (SSSR count). The van der Waals surface area contributed by atoms with Gasteiger partial charge in [0.15, 0.2) is 0 Å². The van der Waals surface area contributed by atoms with Gasteiger partial charge in [0.05, 0.1) is 5.02 Å². The SMILES string of the molecule is O=S(=O)(NCCc1nnc(-c2ccc(F)cc2)o1)c1ccccc1Cl. The lowest BCUT2D eigenvalue weighted by molar-refractivity contribution is 0.502. The first-order valence-corrected chi connectivity index (χ1v) is 9.14. The number of nitrogens with zero attached hydrogens (tertiary/aromatic N) is 2. The Balaban J connectivity index is 1.63. The van der Waals surface area contributed by atoms with Crippen molar-refractivity contribution in [2.24, 2.45) is 0 Å². The van der Waals surface area contributed by atoms with Gasteiger partial charge >= 0.3 is 0 Å². The summed E-state index contributed by atoms with van der Waals surface area (Å²) in [5.74, 6) is 0.141. The van der Waals surface area contributed by atoms with E-state index in [1.54, 1.807) is 12.1 Å². The number of halogens is 2. The highest BCUT2D eigenvalue weighted by Gasteiger charge is 2.17. The van der Waals surface area contributed by atoms with Gasteiger partial charge in [0.1, 0.15) is 10.7 Å². The Kier molecular flexibility index (Phi) is 5.12. The van der Waals surface area contributed by atoms with Crippen molar-refractivity contribution >= 4 is 21.6 Å². The third-order valence-corrected chi connectivity index (χ3v) is 5.28. The van der Waals surface area contributed by atoms with E-state index >= 15 is 0 Å². The van der Waals surface area contributed by atoms with Crippen molar-refractivity contribution in [1.82, 2.24) is 14.9 Å².